The molecular weight excluding hydrogens is 392 g/mol. The molecule has 0 bridgehead atoms. The molecule has 174 valence electrons. The minimum absolute atomic E-state index is 0.305. The van der Waals surface area contributed by atoms with Crippen molar-refractivity contribution >= 4 is 11.9 Å². The largest absolute Gasteiger partial charge is 0.379 e. The summed E-state index contributed by atoms with van der Waals surface area (Å²) in [6.45, 7) is 10.5. The first-order valence-corrected chi connectivity index (χ1v) is 11.8. The van der Waals surface area contributed by atoms with Crippen molar-refractivity contribution in [3.05, 3.63) is 35.4 Å². The summed E-state index contributed by atoms with van der Waals surface area (Å²) in [6, 6.07) is 8.34. The third kappa shape index (κ3) is 10.6. The molecule has 1 fully saturated rings. The molecule has 0 atom stereocenters. The molecule has 1 heterocycles. The van der Waals surface area contributed by atoms with Crippen LogP contribution in [0, 0.1) is 0 Å². The van der Waals surface area contributed by atoms with Crippen LogP contribution < -0.4 is 10.6 Å². The predicted molar refractivity (Wildman–Crippen MR) is 125 cm³/mol. The van der Waals surface area contributed by atoms with E-state index in [0.717, 1.165) is 75.6 Å². The molecule has 0 aliphatic carbocycles. The zero-order chi connectivity index (χ0) is 22.2. The second-order valence-corrected chi connectivity index (χ2v) is 7.74. The Morgan fingerprint density at radius 2 is 1.94 bits per heavy atom. The van der Waals surface area contributed by atoms with Crippen molar-refractivity contribution in [2.45, 2.75) is 59.1 Å². The summed E-state index contributed by atoms with van der Waals surface area (Å²) in [6.07, 6.45) is 4.95. The summed E-state index contributed by atoms with van der Waals surface area (Å²) in [4.78, 5) is 18.8. The van der Waals surface area contributed by atoms with Crippen molar-refractivity contribution < 1.29 is 14.3 Å². The monoisotopic (exact) mass is 432 g/mol. The van der Waals surface area contributed by atoms with Crippen LogP contribution in [0.3, 0.4) is 0 Å². The van der Waals surface area contributed by atoms with Gasteiger partial charge in [-0.1, -0.05) is 30.7 Å². The summed E-state index contributed by atoms with van der Waals surface area (Å²) in [5.74, 6) is 1.11. The summed E-state index contributed by atoms with van der Waals surface area (Å²) < 4.78 is 11.0. The molecule has 0 unspecified atom stereocenters. The Bertz CT molecular complexity index is 666. The van der Waals surface area contributed by atoms with Crippen molar-refractivity contribution in [3.8, 4) is 0 Å². The molecule has 7 heteroatoms. The molecule has 1 amide bonds. The van der Waals surface area contributed by atoms with Crippen LogP contribution in [0.4, 0.5) is 0 Å². The van der Waals surface area contributed by atoms with Gasteiger partial charge < -0.3 is 25.0 Å². The number of amides is 1. The molecule has 1 aliphatic rings. The fraction of sp³-hybridized carbons (Fsp3) is 0.667. The van der Waals surface area contributed by atoms with Gasteiger partial charge in [0.1, 0.15) is 0 Å². The van der Waals surface area contributed by atoms with Gasteiger partial charge in [-0.25, -0.2) is 4.99 Å². The van der Waals surface area contributed by atoms with Gasteiger partial charge in [-0.2, -0.15) is 0 Å². The van der Waals surface area contributed by atoms with E-state index in [2.05, 4.69) is 35.8 Å². The quantitative estimate of drug-likeness (QED) is 0.285. The molecule has 1 aromatic carbocycles. The van der Waals surface area contributed by atoms with Gasteiger partial charge in [0, 0.05) is 39.2 Å². The Morgan fingerprint density at radius 1 is 1.10 bits per heavy atom. The van der Waals surface area contributed by atoms with Gasteiger partial charge in [-0.15, -0.1) is 0 Å². The fourth-order valence-corrected chi connectivity index (χ4v) is 3.53. The third-order valence-electron chi connectivity index (χ3n) is 5.17. The molecule has 1 saturated heterocycles. The Hall–Kier alpha value is -2.12. The van der Waals surface area contributed by atoms with Gasteiger partial charge >= 0.3 is 0 Å². The van der Waals surface area contributed by atoms with Crippen LogP contribution >= 0.6 is 0 Å². The zero-order valence-corrected chi connectivity index (χ0v) is 19.3. The molecule has 7 nitrogen and oxygen atoms in total. The number of hydrogen-bond donors (Lipinski definition) is 2. The van der Waals surface area contributed by atoms with E-state index in [0.29, 0.717) is 38.7 Å². The summed E-state index contributed by atoms with van der Waals surface area (Å²) in [7, 11) is 0. The maximum atomic E-state index is 12.1. The number of ether oxygens (including phenoxy) is 2. The molecule has 2 rings (SSSR count). The van der Waals surface area contributed by atoms with E-state index in [9.17, 15) is 4.79 Å². The van der Waals surface area contributed by atoms with Crippen molar-refractivity contribution in [3.63, 3.8) is 0 Å². The number of carbonyl (C=O) groups is 1. The van der Waals surface area contributed by atoms with Crippen LogP contribution in [0.1, 0.15) is 57.1 Å². The summed E-state index contributed by atoms with van der Waals surface area (Å²) in [5, 5.41) is 6.69. The van der Waals surface area contributed by atoms with Crippen LogP contribution in [0.5, 0.6) is 0 Å². The summed E-state index contributed by atoms with van der Waals surface area (Å²) in [5.41, 5.74) is 2.29. The number of aliphatic imine (C=N–C) groups is 1. The first-order valence-electron chi connectivity index (χ1n) is 11.8. The zero-order valence-electron chi connectivity index (χ0n) is 19.3. The third-order valence-corrected chi connectivity index (χ3v) is 5.17. The van der Waals surface area contributed by atoms with Crippen LogP contribution in [-0.4, -0.2) is 62.8 Å². The Labute approximate surface area is 187 Å². The average molecular weight is 433 g/mol. The highest BCUT2D eigenvalue weighted by Crippen LogP contribution is 2.11. The average Bonchev–Trinajstić information content (AvgIpc) is 2.99. The van der Waals surface area contributed by atoms with Crippen molar-refractivity contribution in [1.82, 2.24) is 15.5 Å². The molecular formula is C24H40N4O3. The number of hydrogen-bond acceptors (Lipinski definition) is 4. The van der Waals surface area contributed by atoms with Crippen LogP contribution in [0.25, 0.3) is 0 Å². The number of guanidine groups is 1. The van der Waals surface area contributed by atoms with Crippen molar-refractivity contribution in [1.29, 1.82) is 0 Å². The molecule has 1 aliphatic heterocycles. The second-order valence-electron chi connectivity index (χ2n) is 7.74. The normalized spacial score (nSPS) is 15.1. The van der Waals surface area contributed by atoms with Gasteiger partial charge in [0.05, 0.1) is 26.4 Å². The number of likely N-dealkylation sites (tertiary alicyclic amines) is 1. The number of benzene rings is 1. The highest BCUT2D eigenvalue weighted by molar-refractivity contribution is 5.79. The number of carbonyl (C=O) groups excluding carboxylic acids is 1. The van der Waals surface area contributed by atoms with E-state index in [4.69, 9.17) is 14.5 Å². The van der Waals surface area contributed by atoms with E-state index < -0.39 is 0 Å². The van der Waals surface area contributed by atoms with Crippen molar-refractivity contribution in [2.24, 2.45) is 4.99 Å². The lowest BCUT2D eigenvalue weighted by Gasteiger charge is -2.20. The van der Waals surface area contributed by atoms with Crippen LogP contribution in [0.15, 0.2) is 29.3 Å². The number of nitrogens with one attached hydrogen (secondary N) is 2. The molecule has 0 saturated carbocycles. The Kier molecular flexibility index (Phi) is 12.7. The number of rotatable bonds is 13. The van der Waals surface area contributed by atoms with E-state index in [1.165, 1.54) is 0 Å². The lowest BCUT2D eigenvalue weighted by Crippen LogP contribution is -2.39. The summed E-state index contributed by atoms with van der Waals surface area (Å²) >= 11 is 0. The molecule has 2 N–H and O–H groups in total. The van der Waals surface area contributed by atoms with Crippen LogP contribution in [-0.2, 0) is 27.4 Å². The first kappa shape index (κ1) is 25.1. The predicted octanol–water partition coefficient (Wildman–Crippen LogP) is 3.09. The standard InChI is InChI=1S/C24H40N4O3/c1-3-25-24(26-13-9-15-28-14-7-5-6-12-23(28)29)27-19-21-10-8-11-22(18-21)20-31-17-16-30-4-2/h8,10-11,18H,3-7,9,12-17,19-20H2,1-2H3,(H2,25,26,27). The number of nitrogens with zero attached hydrogens (tertiary/aromatic N) is 2. The molecule has 0 radical (unpaired) electrons. The highest BCUT2D eigenvalue weighted by atomic mass is 16.5. The lowest BCUT2D eigenvalue weighted by atomic mass is 10.1. The first-order chi connectivity index (χ1) is 15.2. The highest BCUT2D eigenvalue weighted by Gasteiger charge is 2.15. The minimum atomic E-state index is 0.305. The molecule has 0 spiro atoms. The maximum absolute atomic E-state index is 12.1. The Morgan fingerprint density at radius 3 is 2.77 bits per heavy atom. The van der Waals surface area contributed by atoms with Gasteiger partial charge in [0.15, 0.2) is 5.96 Å². The minimum Gasteiger partial charge on any atom is -0.379 e. The van der Waals surface area contributed by atoms with Crippen LogP contribution in [0.2, 0.25) is 0 Å². The molecule has 1 aromatic rings. The van der Waals surface area contributed by atoms with E-state index in [1.807, 2.05) is 17.9 Å². The van der Waals surface area contributed by atoms with Gasteiger partial charge in [0.2, 0.25) is 5.91 Å². The van der Waals surface area contributed by atoms with Gasteiger partial charge in [-0.3, -0.25) is 4.79 Å². The second kappa shape index (κ2) is 15.6. The van der Waals surface area contributed by atoms with Gasteiger partial charge in [0.25, 0.3) is 0 Å². The lowest BCUT2D eigenvalue weighted by molar-refractivity contribution is -0.130. The topological polar surface area (TPSA) is 75.2 Å². The SMILES string of the molecule is CCNC(=NCc1cccc(COCCOCC)c1)NCCCN1CCCCCC1=O. The van der Waals surface area contributed by atoms with E-state index >= 15 is 0 Å². The van der Waals surface area contributed by atoms with E-state index in [1.54, 1.807) is 0 Å². The maximum Gasteiger partial charge on any atom is 0.222 e. The molecule has 0 aromatic heterocycles. The van der Waals surface area contributed by atoms with Gasteiger partial charge in [-0.05, 0) is 44.2 Å². The fourth-order valence-electron chi connectivity index (χ4n) is 3.53. The molecule has 31 heavy (non-hydrogen) atoms. The van der Waals surface area contributed by atoms with E-state index in [-0.39, 0.29) is 0 Å². The van der Waals surface area contributed by atoms with Crippen molar-refractivity contribution in [2.75, 3.05) is 46.0 Å². The smallest absolute Gasteiger partial charge is 0.222 e. The Balaban J connectivity index is 1.75.